The molecule has 6 heteroatoms. The van der Waals surface area contributed by atoms with Gasteiger partial charge in [0.2, 0.25) is 0 Å². The lowest BCUT2D eigenvalue weighted by atomic mass is 10.2. The Bertz CT molecular complexity index is 536. The molecule has 5 nitrogen and oxygen atoms in total. The Kier molecular flexibility index (Phi) is 6.56. The van der Waals surface area contributed by atoms with E-state index in [0.29, 0.717) is 11.9 Å². The number of amides is 2. The summed E-state index contributed by atoms with van der Waals surface area (Å²) < 4.78 is 17.8. The lowest BCUT2D eigenvalue weighted by molar-refractivity contribution is 0.0532. The van der Waals surface area contributed by atoms with Crippen molar-refractivity contribution in [3.8, 4) is 0 Å². The Morgan fingerprint density at radius 1 is 1.14 bits per heavy atom. The predicted molar refractivity (Wildman–Crippen MR) is 82.2 cm³/mol. The molecule has 120 valence electrons. The second kappa shape index (κ2) is 8.17. The zero-order valence-electron chi connectivity index (χ0n) is 13.0. The molecule has 2 amide bonds. The molecule has 1 aromatic carbocycles. The average Bonchev–Trinajstić information content (AvgIpc) is 2.46. The van der Waals surface area contributed by atoms with Crippen molar-refractivity contribution >= 4 is 12.0 Å². The molecule has 0 atom stereocenters. The van der Waals surface area contributed by atoms with E-state index >= 15 is 0 Å². The minimum atomic E-state index is -0.638. The van der Waals surface area contributed by atoms with Gasteiger partial charge in [0.1, 0.15) is 5.60 Å². The van der Waals surface area contributed by atoms with Crippen molar-refractivity contribution in [2.24, 2.45) is 0 Å². The number of hydrogen-bond acceptors (Lipinski definition) is 3. The van der Waals surface area contributed by atoms with Crippen LogP contribution in [0.3, 0.4) is 0 Å². The van der Waals surface area contributed by atoms with Gasteiger partial charge in [-0.1, -0.05) is 18.2 Å². The van der Waals surface area contributed by atoms with E-state index in [2.05, 4.69) is 10.6 Å². The fourth-order valence-electron chi connectivity index (χ4n) is 1.52. The van der Waals surface area contributed by atoms with Gasteiger partial charge < -0.3 is 15.4 Å². The standard InChI is InChI=1S/C16H21FN2O3/c1-16(2,3)22-15(21)19-11-12(9-17)10-18-14(20)13-7-5-4-6-8-13/h4-9H,10-11H2,1-3H3,(H,18,20)(H,19,21). The van der Waals surface area contributed by atoms with Crippen LogP contribution in [0.4, 0.5) is 9.18 Å². The van der Waals surface area contributed by atoms with Crippen LogP contribution in [0.15, 0.2) is 42.2 Å². The molecular formula is C16H21FN2O3. The molecule has 22 heavy (non-hydrogen) atoms. The van der Waals surface area contributed by atoms with E-state index in [4.69, 9.17) is 4.74 Å². The number of hydrogen-bond donors (Lipinski definition) is 2. The number of benzene rings is 1. The molecule has 0 aliphatic rings. The minimum absolute atomic E-state index is 0.0000253. The zero-order valence-corrected chi connectivity index (χ0v) is 13.0. The van der Waals surface area contributed by atoms with Gasteiger partial charge >= 0.3 is 6.09 Å². The Labute approximate surface area is 129 Å². The van der Waals surface area contributed by atoms with E-state index in [1.54, 1.807) is 51.1 Å². The third-order valence-electron chi connectivity index (χ3n) is 2.52. The molecule has 2 N–H and O–H groups in total. The van der Waals surface area contributed by atoms with Crippen LogP contribution in [0.2, 0.25) is 0 Å². The molecule has 0 bridgehead atoms. The first kappa shape index (κ1) is 17.7. The van der Waals surface area contributed by atoms with E-state index in [1.807, 2.05) is 0 Å². The van der Waals surface area contributed by atoms with Crippen LogP contribution in [0, 0.1) is 0 Å². The maximum atomic E-state index is 12.8. The summed E-state index contributed by atoms with van der Waals surface area (Å²) in [7, 11) is 0. The summed E-state index contributed by atoms with van der Waals surface area (Å²) in [4.78, 5) is 23.3. The Balaban J connectivity index is 2.40. The zero-order chi connectivity index (χ0) is 16.6. The van der Waals surface area contributed by atoms with E-state index in [9.17, 15) is 14.0 Å². The summed E-state index contributed by atoms with van der Waals surface area (Å²) in [5, 5.41) is 5.02. The third kappa shape index (κ3) is 6.88. The maximum absolute atomic E-state index is 12.8. The van der Waals surface area contributed by atoms with Crippen LogP contribution in [-0.2, 0) is 4.74 Å². The molecule has 0 heterocycles. The number of rotatable bonds is 5. The number of ether oxygens (including phenoxy) is 1. The fourth-order valence-corrected chi connectivity index (χ4v) is 1.52. The van der Waals surface area contributed by atoms with E-state index in [1.165, 1.54) is 0 Å². The highest BCUT2D eigenvalue weighted by Gasteiger charge is 2.16. The van der Waals surface area contributed by atoms with Crippen molar-refractivity contribution in [1.82, 2.24) is 10.6 Å². The number of alkyl carbamates (subject to hydrolysis) is 1. The Morgan fingerprint density at radius 3 is 2.27 bits per heavy atom. The minimum Gasteiger partial charge on any atom is -0.444 e. The SMILES string of the molecule is CC(C)(C)OC(=O)NCC(=CF)CNC(=O)c1ccccc1. The summed E-state index contributed by atoms with van der Waals surface area (Å²) in [5.41, 5.74) is 0.0986. The summed E-state index contributed by atoms with van der Waals surface area (Å²) in [6, 6.07) is 8.60. The molecule has 0 saturated carbocycles. The van der Waals surface area contributed by atoms with Gasteiger partial charge in [-0.2, -0.15) is 0 Å². The number of carbonyl (C=O) groups is 2. The predicted octanol–water partition coefficient (Wildman–Crippen LogP) is 2.79. The highest BCUT2D eigenvalue weighted by molar-refractivity contribution is 5.94. The van der Waals surface area contributed by atoms with Crippen LogP contribution in [-0.4, -0.2) is 30.7 Å². The summed E-state index contributed by atoms with van der Waals surface area (Å²) in [6.45, 7) is 5.16. The molecule has 0 spiro atoms. The van der Waals surface area contributed by atoms with Gasteiger partial charge in [0, 0.05) is 18.7 Å². The first-order valence-corrected chi connectivity index (χ1v) is 6.90. The van der Waals surface area contributed by atoms with Crippen molar-refractivity contribution in [1.29, 1.82) is 0 Å². The van der Waals surface area contributed by atoms with Gasteiger partial charge in [0.25, 0.3) is 5.91 Å². The van der Waals surface area contributed by atoms with E-state index < -0.39 is 11.7 Å². The largest absolute Gasteiger partial charge is 0.444 e. The summed E-state index contributed by atoms with van der Waals surface area (Å²) in [6.07, 6.45) is -0.274. The second-order valence-corrected chi connectivity index (χ2v) is 5.67. The van der Waals surface area contributed by atoms with Crippen molar-refractivity contribution in [2.45, 2.75) is 26.4 Å². The van der Waals surface area contributed by atoms with Gasteiger partial charge in [-0.15, -0.1) is 0 Å². The summed E-state index contributed by atoms with van der Waals surface area (Å²) in [5.74, 6) is -0.308. The first-order chi connectivity index (χ1) is 10.3. The molecule has 1 aromatic rings. The van der Waals surface area contributed by atoms with Gasteiger partial charge in [-0.25, -0.2) is 9.18 Å². The molecule has 0 fully saturated rings. The van der Waals surface area contributed by atoms with Crippen molar-refractivity contribution in [3.05, 3.63) is 47.8 Å². The average molecular weight is 308 g/mol. The van der Waals surface area contributed by atoms with Crippen molar-refractivity contribution < 1.29 is 18.7 Å². The fraction of sp³-hybridized carbons (Fsp3) is 0.375. The van der Waals surface area contributed by atoms with Gasteiger partial charge in [0.15, 0.2) is 0 Å². The van der Waals surface area contributed by atoms with Crippen molar-refractivity contribution in [2.75, 3.05) is 13.1 Å². The molecule has 0 unspecified atom stereocenters. The lowest BCUT2D eigenvalue weighted by Gasteiger charge is -2.20. The molecule has 0 radical (unpaired) electrons. The topological polar surface area (TPSA) is 67.4 Å². The molecular weight excluding hydrogens is 287 g/mol. The molecule has 0 aromatic heterocycles. The molecule has 0 saturated heterocycles. The molecule has 0 aliphatic carbocycles. The molecule has 0 aliphatic heterocycles. The monoisotopic (exact) mass is 308 g/mol. The first-order valence-electron chi connectivity index (χ1n) is 6.90. The second-order valence-electron chi connectivity index (χ2n) is 5.67. The number of carbonyl (C=O) groups excluding carboxylic acids is 2. The van der Waals surface area contributed by atoms with Crippen LogP contribution in [0.25, 0.3) is 0 Å². The maximum Gasteiger partial charge on any atom is 0.407 e. The van der Waals surface area contributed by atoms with E-state index in [0.717, 1.165) is 0 Å². The Morgan fingerprint density at radius 2 is 1.73 bits per heavy atom. The number of nitrogens with one attached hydrogen (secondary N) is 2. The molecule has 1 rings (SSSR count). The van der Waals surface area contributed by atoms with Crippen LogP contribution >= 0.6 is 0 Å². The van der Waals surface area contributed by atoms with Crippen LogP contribution < -0.4 is 10.6 Å². The van der Waals surface area contributed by atoms with E-state index in [-0.39, 0.29) is 24.6 Å². The van der Waals surface area contributed by atoms with Crippen LogP contribution in [0.5, 0.6) is 0 Å². The number of halogens is 1. The lowest BCUT2D eigenvalue weighted by Crippen LogP contribution is -2.35. The normalized spacial score (nSPS) is 11.7. The van der Waals surface area contributed by atoms with Gasteiger partial charge in [0.05, 0.1) is 6.33 Å². The third-order valence-corrected chi connectivity index (χ3v) is 2.52. The van der Waals surface area contributed by atoms with Gasteiger partial charge in [-0.3, -0.25) is 4.79 Å². The Hall–Kier alpha value is -2.37. The quantitative estimate of drug-likeness (QED) is 0.879. The van der Waals surface area contributed by atoms with Crippen molar-refractivity contribution in [3.63, 3.8) is 0 Å². The van der Waals surface area contributed by atoms with Crippen LogP contribution in [0.1, 0.15) is 31.1 Å². The smallest absolute Gasteiger partial charge is 0.407 e. The highest BCUT2D eigenvalue weighted by Crippen LogP contribution is 2.06. The summed E-state index contributed by atoms with van der Waals surface area (Å²) >= 11 is 0. The highest BCUT2D eigenvalue weighted by atomic mass is 19.1. The van der Waals surface area contributed by atoms with Gasteiger partial charge in [-0.05, 0) is 38.5 Å².